The van der Waals surface area contributed by atoms with E-state index in [1.165, 1.54) is 15.8 Å². The quantitative estimate of drug-likeness (QED) is 0.894. The van der Waals surface area contributed by atoms with Crippen molar-refractivity contribution < 1.29 is 17.7 Å². The molecular weight excluding hydrogens is 350 g/mol. The molecule has 3 heterocycles. The summed E-state index contributed by atoms with van der Waals surface area (Å²) in [5, 5.41) is 7.79. The lowest BCUT2D eigenvalue weighted by Crippen LogP contribution is -2.37. The van der Waals surface area contributed by atoms with Gasteiger partial charge in [-0.2, -0.15) is 4.31 Å². The van der Waals surface area contributed by atoms with E-state index in [2.05, 4.69) is 17.4 Å². The Morgan fingerprint density at radius 3 is 2.71 bits per heavy atom. The lowest BCUT2D eigenvalue weighted by molar-refractivity contribution is 0.102. The van der Waals surface area contributed by atoms with E-state index in [4.69, 9.17) is 4.52 Å². The lowest BCUT2D eigenvalue weighted by Gasteiger charge is -2.29. The Hall–Kier alpha value is -1.71. The molecule has 0 saturated carbocycles. The number of hydrogen-bond acceptors (Lipinski definition) is 6. The minimum atomic E-state index is -3.54. The predicted molar refractivity (Wildman–Crippen MR) is 90.7 cm³/mol. The zero-order chi connectivity index (χ0) is 17.3. The van der Waals surface area contributed by atoms with Gasteiger partial charge in [0.2, 0.25) is 10.0 Å². The second-order valence-corrected chi connectivity index (χ2v) is 8.86. The molecule has 3 rings (SSSR count). The topological polar surface area (TPSA) is 92.5 Å². The summed E-state index contributed by atoms with van der Waals surface area (Å²) in [5.74, 6) is 1.03. The number of aryl methyl sites for hydroxylation is 1. The van der Waals surface area contributed by atoms with Gasteiger partial charge in [0.25, 0.3) is 5.91 Å². The van der Waals surface area contributed by atoms with E-state index in [-0.39, 0.29) is 4.90 Å². The Morgan fingerprint density at radius 2 is 2.08 bits per heavy atom. The molecule has 1 aliphatic heterocycles. The minimum Gasteiger partial charge on any atom is -0.360 e. The van der Waals surface area contributed by atoms with Gasteiger partial charge < -0.3 is 9.84 Å². The Kier molecular flexibility index (Phi) is 4.75. The van der Waals surface area contributed by atoms with Gasteiger partial charge in [0.15, 0.2) is 5.82 Å². The number of sulfonamides is 1. The maximum atomic E-state index is 12.7. The van der Waals surface area contributed by atoms with Crippen molar-refractivity contribution in [2.45, 2.75) is 31.6 Å². The normalized spacial score (nSPS) is 17.1. The van der Waals surface area contributed by atoms with Crippen LogP contribution in [-0.4, -0.2) is 36.9 Å². The summed E-state index contributed by atoms with van der Waals surface area (Å²) in [5.41, 5.74) is 0. The summed E-state index contributed by atoms with van der Waals surface area (Å²) >= 11 is 1.10. The SMILES string of the molecule is Cc1cc(NC(=O)c2cc(S(=O)(=O)N3CCC(C)CC3)cs2)no1. The van der Waals surface area contributed by atoms with Crippen molar-refractivity contribution in [1.29, 1.82) is 0 Å². The van der Waals surface area contributed by atoms with Crippen molar-refractivity contribution in [3.63, 3.8) is 0 Å². The molecule has 0 spiro atoms. The van der Waals surface area contributed by atoms with Gasteiger partial charge in [-0.25, -0.2) is 8.42 Å². The largest absolute Gasteiger partial charge is 0.360 e. The summed E-state index contributed by atoms with van der Waals surface area (Å²) in [6, 6.07) is 3.01. The van der Waals surface area contributed by atoms with E-state index in [1.807, 2.05) is 0 Å². The number of nitrogens with zero attached hydrogens (tertiary/aromatic N) is 2. The standard InChI is InChI=1S/C15H19N3O4S2/c1-10-3-5-18(6-4-10)24(20,21)12-8-13(23-9-12)15(19)16-14-7-11(2)22-17-14/h7-10H,3-6H2,1-2H3,(H,16,17,19). The van der Waals surface area contributed by atoms with Gasteiger partial charge in [-0.05, 0) is 31.7 Å². The third-order valence-electron chi connectivity index (χ3n) is 4.05. The second-order valence-electron chi connectivity index (χ2n) is 6.01. The maximum Gasteiger partial charge on any atom is 0.267 e. The van der Waals surface area contributed by atoms with Crippen LogP contribution in [0.2, 0.25) is 0 Å². The molecule has 130 valence electrons. The fourth-order valence-corrected chi connectivity index (χ4v) is 5.18. The molecule has 1 aliphatic rings. The predicted octanol–water partition coefficient (Wildman–Crippen LogP) is 2.72. The van der Waals surface area contributed by atoms with Crippen molar-refractivity contribution in [3.05, 3.63) is 28.2 Å². The van der Waals surface area contributed by atoms with Crippen molar-refractivity contribution in [2.24, 2.45) is 5.92 Å². The Labute approximate surface area is 144 Å². The van der Waals surface area contributed by atoms with Gasteiger partial charge in [-0.15, -0.1) is 11.3 Å². The zero-order valence-corrected chi connectivity index (χ0v) is 15.1. The molecule has 0 radical (unpaired) electrons. The van der Waals surface area contributed by atoms with Crippen LogP contribution in [0.15, 0.2) is 26.9 Å². The number of thiophene rings is 1. The number of aromatic nitrogens is 1. The molecule has 0 aliphatic carbocycles. The number of carbonyl (C=O) groups excluding carboxylic acids is 1. The highest BCUT2D eigenvalue weighted by molar-refractivity contribution is 7.89. The van der Waals surface area contributed by atoms with E-state index >= 15 is 0 Å². The first kappa shape index (κ1) is 17.1. The van der Waals surface area contributed by atoms with Crippen molar-refractivity contribution in [1.82, 2.24) is 9.46 Å². The van der Waals surface area contributed by atoms with Crippen LogP contribution in [0.1, 0.15) is 35.2 Å². The fraction of sp³-hybridized carbons (Fsp3) is 0.467. The summed E-state index contributed by atoms with van der Waals surface area (Å²) in [7, 11) is -3.54. The number of carbonyl (C=O) groups is 1. The summed E-state index contributed by atoms with van der Waals surface area (Å²) in [4.78, 5) is 12.7. The molecular formula is C15H19N3O4S2. The smallest absolute Gasteiger partial charge is 0.267 e. The highest BCUT2D eigenvalue weighted by Gasteiger charge is 2.29. The maximum absolute atomic E-state index is 12.7. The first-order valence-electron chi connectivity index (χ1n) is 7.69. The highest BCUT2D eigenvalue weighted by Crippen LogP contribution is 2.27. The number of piperidine rings is 1. The van der Waals surface area contributed by atoms with Gasteiger partial charge in [0, 0.05) is 24.5 Å². The van der Waals surface area contributed by atoms with Crippen LogP contribution < -0.4 is 5.32 Å². The summed E-state index contributed by atoms with van der Waals surface area (Å²) in [6.45, 7) is 4.90. The highest BCUT2D eigenvalue weighted by atomic mass is 32.2. The number of nitrogens with one attached hydrogen (secondary N) is 1. The van der Waals surface area contributed by atoms with E-state index in [0.717, 1.165) is 24.2 Å². The summed E-state index contributed by atoms with van der Waals surface area (Å²) in [6.07, 6.45) is 1.73. The first-order chi connectivity index (χ1) is 11.4. The van der Waals surface area contributed by atoms with E-state index in [0.29, 0.717) is 35.5 Å². The molecule has 1 amide bonds. The number of anilines is 1. The average Bonchev–Trinajstić information content (AvgIpc) is 3.17. The molecule has 7 nitrogen and oxygen atoms in total. The Balaban J connectivity index is 1.73. The Bertz CT molecular complexity index is 833. The van der Waals surface area contributed by atoms with Crippen LogP contribution in [0.3, 0.4) is 0 Å². The van der Waals surface area contributed by atoms with Crippen LogP contribution in [0, 0.1) is 12.8 Å². The molecule has 2 aromatic heterocycles. The minimum absolute atomic E-state index is 0.170. The molecule has 0 bridgehead atoms. The number of rotatable bonds is 4. The molecule has 0 atom stereocenters. The molecule has 1 fully saturated rings. The lowest BCUT2D eigenvalue weighted by atomic mass is 10.0. The molecule has 0 unspecified atom stereocenters. The third kappa shape index (κ3) is 3.52. The van der Waals surface area contributed by atoms with Crippen LogP contribution in [0.4, 0.5) is 5.82 Å². The van der Waals surface area contributed by atoms with E-state index in [1.54, 1.807) is 13.0 Å². The van der Waals surface area contributed by atoms with Gasteiger partial charge in [-0.3, -0.25) is 4.79 Å². The van der Waals surface area contributed by atoms with Crippen molar-refractivity contribution >= 4 is 33.1 Å². The van der Waals surface area contributed by atoms with Gasteiger partial charge in [0.1, 0.15) is 5.76 Å². The molecule has 2 aromatic rings. The first-order valence-corrected chi connectivity index (χ1v) is 10.0. The summed E-state index contributed by atoms with van der Waals surface area (Å²) < 4.78 is 31.7. The van der Waals surface area contributed by atoms with Crippen LogP contribution in [0.25, 0.3) is 0 Å². The number of amides is 1. The van der Waals surface area contributed by atoms with Crippen LogP contribution >= 0.6 is 11.3 Å². The molecule has 1 N–H and O–H groups in total. The molecule has 9 heteroatoms. The van der Waals surface area contributed by atoms with E-state index in [9.17, 15) is 13.2 Å². The fourth-order valence-electron chi connectivity index (χ4n) is 2.55. The van der Waals surface area contributed by atoms with Crippen molar-refractivity contribution in [2.75, 3.05) is 18.4 Å². The number of hydrogen-bond donors (Lipinski definition) is 1. The van der Waals surface area contributed by atoms with Crippen molar-refractivity contribution in [3.8, 4) is 0 Å². The average molecular weight is 369 g/mol. The van der Waals surface area contributed by atoms with Crippen LogP contribution in [-0.2, 0) is 10.0 Å². The molecule has 24 heavy (non-hydrogen) atoms. The van der Waals surface area contributed by atoms with Gasteiger partial charge >= 0.3 is 0 Å². The zero-order valence-electron chi connectivity index (χ0n) is 13.5. The second kappa shape index (κ2) is 6.66. The monoisotopic (exact) mass is 369 g/mol. The Morgan fingerprint density at radius 1 is 1.38 bits per heavy atom. The molecule has 1 saturated heterocycles. The van der Waals surface area contributed by atoms with Crippen LogP contribution in [0.5, 0.6) is 0 Å². The third-order valence-corrected chi connectivity index (χ3v) is 7.00. The van der Waals surface area contributed by atoms with E-state index < -0.39 is 15.9 Å². The van der Waals surface area contributed by atoms with Gasteiger partial charge in [0.05, 0.1) is 9.77 Å². The van der Waals surface area contributed by atoms with Gasteiger partial charge in [-0.1, -0.05) is 12.1 Å². The molecule has 0 aromatic carbocycles.